The molecule has 1 aromatic heterocycles. The Morgan fingerprint density at radius 1 is 0.339 bits per heavy atom. The molecule has 0 amide bonds. The van der Waals surface area contributed by atoms with Crippen molar-refractivity contribution in [3.8, 4) is 0 Å². The zero-order chi connectivity index (χ0) is 41.0. The van der Waals surface area contributed by atoms with Crippen LogP contribution in [-0.4, -0.2) is 260 Å². The van der Waals surface area contributed by atoms with Crippen molar-refractivity contribution in [1.82, 2.24) is 49.2 Å². The average Bonchev–Trinajstić information content (AvgIpc) is 3.10. The largest absolute Gasteiger partial charge is 0.480 e. The molecule has 3 heterocycles. The van der Waals surface area contributed by atoms with Crippen molar-refractivity contribution in [2.45, 2.75) is 13.1 Å². The third kappa shape index (κ3) is 19.4. The third-order valence-corrected chi connectivity index (χ3v) is 9.54. The first-order valence-corrected chi connectivity index (χ1v) is 18.5. The van der Waals surface area contributed by atoms with E-state index in [0.29, 0.717) is 129 Å². The molecule has 0 saturated carbocycles. The number of carboxylic acid groups (broad SMARTS) is 6. The van der Waals surface area contributed by atoms with Crippen LogP contribution in [-0.2, 0) is 41.9 Å². The van der Waals surface area contributed by atoms with E-state index in [0.717, 1.165) is 0 Å². The predicted octanol–water partition coefficient (Wildman–Crippen LogP) is -3.57. The van der Waals surface area contributed by atoms with Crippen LogP contribution in [0.15, 0.2) is 12.4 Å². The van der Waals surface area contributed by atoms with Gasteiger partial charge in [0, 0.05) is 118 Å². The lowest BCUT2D eigenvalue weighted by Gasteiger charge is -2.33. The number of hydrogen-bond donors (Lipinski definition) is 6. The second kappa shape index (κ2) is 24.3. The maximum Gasteiger partial charge on any atom is 0.317 e. The van der Waals surface area contributed by atoms with Gasteiger partial charge in [-0.1, -0.05) is 0 Å². The Kier molecular flexibility index (Phi) is 19.9. The quantitative estimate of drug-likeness (QED) is 0.0944. The summed E-state index contributed by atoms with van der Waals surface area (Å²) in [6.07, 6.45) is 3.28. The molecule has 22 heteroatoms. The van der Waals surface area contributed by atoms with E-state index in [4.69, 9.17) is 0 Å². The molecule has 0 radical (unpaired) electrons. The van der Waals surface area contributed by atoms with Crippen LogP contribution >= 0.6 is 0 Å². The zero-order valence-corrected chi connectivity index (χ0v) is 31.7. The highest BCUT2D eigenvalue weighted by molar-refractivity contribution is 5.70. The van der Waals surface area contributed by atoms with Crippen LogP contribution in [0.4, 0.5) is 0 Å². The number of hydrogen-bond acceptors (Lipinski definition) is 16. The summed E-state index contributed by atoms with van der Waals surface area (Å²) in [6, 6.07) is 0. The number of aromatic nitrogens is 2. The van der Waals surface area contributed by atoms with Crippen LogP contribution in [0.2, 0.25) is 0 Å². The van der Waals surface area contributed by atoms with Gasteiger partial charge in [-0.25, -0.2) is 0 Å². The molecule has 314 valence electrons. The smallest absolute Gasteiger partial charge is 0.317 e. The minimum atomic E-state index is -1.03. The van der Waals surface area contributed by atoms with Crippen LogP contribution in [0.1, 0.15) is 11.4 Å². The summed E-state index contributed by atoms with van der Waals surface area (Å²) in [5, 5.41) is 56.8. The molecule has 56 heavy (non-hydrogen) atoms. The van der Waals surface area contributed by atoms with E-state index in [1.165, 1.54) is 0 Å². The van der Waals surface area contributed by atoms with Gasteiger partial charge in [0.15, 0.2) is 0 Å². The molecule has 3 rings (SSSR count). The second-order valence-electron chi connectivity index (χ2n) is 14.1. The van der Waals surface area contributed by atoms with E-state index in [2.05, 4.69) is 9.97 Å². The van der Waals surface area contributed by atoms with Gasteiger partial charge in [0.25, 0.3) is 0 Å². The highest BCUT2D eigenvalue weighted by atomic mass is 16.4. The summed E-state index contributed by atoms with van der Waals surface area (Å²) in [6.45, 7) is 4.87. The molecule has 22 nitrogen and oxygen atoms in total. The Morgan fingerprint density at radius 2 is 0.500 bits per heavy atom. The van der Waals surface area contributed by atoms with Gasteiger partial charge in [-0.3, -0.25) is 77.9 Å². The lowest BCUT2D eigenvalue weighted by atomic mass is 10.3. The summed E-state index contributed by atoms with van der Waals surface area (Å²) in [4.78, 5) is 93.2. The van der Waals surface area contributed by atoms with Crippen molar-refractivity contribution in [2.75, 3.05) is 144 Å². The molecule has 0 bridgehead atoms. The normalized spacial score (nSPS) is 19.9. The van der Waals surface area contributed by atoms with Crippen LogP contribution < -0.4 is 0 Å². The highest BCUT2D eigenvalue weighted by Gasteiger charge is 2.23. The van der Waals surface area contributed by atoms with E-state index in [1.54, 1.807) is 41.8 Å². The van der Waals surface area contributed by atoms with Crippen LogP contribution in [0.3, 0.4) is 0 Å². The van der Waals surface area contributed by atoms with Gasteiger partial charge in [-0.15, -0.1) is 0 Å². The molecule has 2 saturated heterocycles. The second-order valence-corrected chi connectivity index (χ2v) is 14.1. The Balaban J connectivity index is 1.74. The Morgan fingerprint density at radius 3 is 0.643 bits per heavy atom. The first kappa shape index (κ1) is 46.0. The first-order chi connectivity index (χ1) is 26.6. The number of carbonyl (C=O) groups is 6. The molecule has 0 aromatic carbocycles. The standard InChI is InChI=1S/C34H56N10O12/c45-29(46)21-39-5-1-37(2-6-40(22-30(47)48)10-14-43(13-9-39)25-33(53)54)19-27-17-36-28(18-35-27)20-38-3-7-41(23-31(49)50)11-15-44(26-34(55)56)16-12-42(8-4-38)24-32(51)52/h17-18H,1-16,19-26H2,(H,45,46)(H,47,48)(H,49,50)(H,51,52)(H,53,54)(H,55,56). The van der Waals surface area contributed by atoms with Gasteiger partial charge in [0.2, 0.25) is 0 Å². The first-order valence-electron chi connectivity index (χ1n) is 18.5. The Labute approximate surface area is 325 Å². The number of rotatable bonds is 16. The number of nitrogens with zero attached hydrogens (tertiary/aromatic N) is 10. The summed E-state index contributed by atoms with van der Waals surface area (Å²) in [5.74, 6) is -6.09. The lowest BCUT2D eigenvalue weighted by Crippen LogP contribution is -2.48. The SMILES string of the molecule is O=C(O)CN1CCN(CC(=O)O)CCN(Cc2cnc(CN3CCN(CC(=O)O)CCN(CC(=O)O)CCN(CC(=O)O)CC3)cn2)CCN(CC(=O)O)CC1. The number of carboxylic acids is 6. The lowest BCUT2D eigenvalue weighted by molar-refractivity contribution is -0.140. The maximum atomic E-state index is 11.6. The molecule has 2 aliphatic rings. The molecule has 1 aromatic rings. The summed E-state index contributed by atoms with van der Waals surface area (Å²) >= 11 is 0. The van der Waals surface area contributed by atoms with E-state index in [-0.39, 0.29) is 39.3 Å². The van der Waals surface area contributed by atoms with E-state index in [9.17, 15) is 59.4 Å². The summed E-state index contributed by atoms with van der Waals surface area (Å²) in [5.41, 5.74) is 1.26. The van der Waals surface area contributed by atoms with Crippen LogP contribution in [0, 0.1) is 0 Å². The van der Waals surface area contributed by atoms with Gasteiger partial charge in [-0.05, 0) is 0 Å². The minimum absolute atomic E-state index is 0.226. The fourth-order valence-corrected chi connectivity index (χ4v) is 6.57. The van der Waals surface area contributed by atoms with Crippen molar-refractivity contribution in [3.05, 3.63) is 23.8 Å². The van der Waals surface area contributed by atoms with Gasteiger partial charge in [-0.2, -0.15) is 0 Å². The molecule has 0 spiro atoms. The van der Waals surface area contributed by atoms with Gasteiger partial charge < -0.3 is 30.6 Å². The Hall–Kier alpha value is -4.42. The van der Waals surface area contributed by atoms with Crippen molar-refractivity contribution >= 4 is 35.8 Å². The molecule has 6 N–H and O–H groups in total. The van der Waals surface area contributed by atoms with Crippen molar-refractivity contribution < 1.29 is 59.4 Å². The molecule has 0 unspecified atom stereocenters. The molecular weight excluding hydrogens is 740 g/mol. The number of aliphatic carboxylic acids is 6. The molecule has 2 aliphatic heterocycles. The molecule has 0 atom stereocenters. The van der Waals surface area contributed by atoms with Crippen LogP contribution in [0.25, 0.3) is 0 Å². The van der Waals surface area contributed by atoms with Crippen molar-refractivity contribution in [3.63, 3.8) is 0 Å². The van der Waals surface area contributed by atoms with E-state index < -0.39 is 35.8 Å². The summed E-state index contributed by atoms with van der Waals surface area (Å²) in [7, 11) is 0. The van der Waals surface area contributed by atoms with Gasteiger partial charge in [0.1, 0.15) is 0 Å². The highest BCUT2D eigenvalue weighted by Crippen LogP contribution is 2.09. The fourth-order valence-electron chi connectivity index (χ4n) is 6.57. The monoisotopic (exact) mass is 796 g/mol. The fraction of sp³-hybridized carbons (Fsp3) is 0.706. The van der Waals surface area contributed by atoms with E-state index in [1.807, 2.05) is 9.80 Å². The van der Waals surface area contributed by atoms with Gasteiger partial charge in [0.05, 0.1) is 63.1 Å². The van der Waals surface area contributed by atoms with Gasteiger partial charge >= 0.3 is 35.8 Å². The molecule has 2 fully saturated rings. The summed E-state index contributed by atoms with van der Waals surface area (Å²) < 4.78 is 0. The van der Waals surface area contributed by atoms with Crippen molar-refractivity contribution in [1.29, 1.82) is 0 Å². The van der Waals surface area contributed by atoms with E-state index >= 15 is 0 Å². The average molecular weight is 797 g/mol. The zero-order valence-electron chi connectivity index (χ0n) is 31.7. The maximum absolute atomic E-state index is 11.6. The third-order valence-electron chi connectivity index (χ3n) is 9.54. The van der Waals surface area contributed by atoms with Crippen LogP contribution in [0.5, 0.6) is 0 Å². The minimum Gasteiger partial charge on any atom is -0.480 e. The van der Waals surface area contributed by atoms with Crippen molar-refractivity contribution in [2.24, 2.45) is 0 Å². The predicted molar refractivity (Wildman–Crippen MR) is 197 cm³/mol. The molecular formula is C34H56N10O12. The topological polar surface area (TPSA) is 276 Å². The molecule has 0 aliphatic carbocycles. The Bertz CT molecular complexity index is 1270.